The molecule has 182 valence electrons. The third-order valence-corrected chi connectivity index (χ3v) is 7.82. The lowest BCUT2D eigenvalue weighted by Crippen LogP contribution is -2.38. The van der Waals surface area contributed by atoms with Crippen molar-refractivity contribution >= 4 is 23.3 Å². The van der Waals surface area contributed by atoms with Crippen molar-refractivity contribution in [1.82, 2.24) is 10.2 Å². The smallest absolute Gasteiger partial charge is 0.338 e. The van der Waals surface area contributed by atoms with E-state index in [9.17, 15) is 13.6 Å². The van der Waals surface area contributed by atoms with Gasteiger partial charge in [-0.2, -0.15) is 5.10 Å². The van der Waals surface area contributed by atoms with Crippen LogP contribution in [0.5, 0.6) is 0 Å². The second-order valence-corrected chi connectivity index (χ2v) is 10.1. The van der Waals surface area contributed by atoms with E-state index in [1.54, 1.807) is 18.2 Å². The highest BCUT2D eigenvalue weighted by Crippen LogP contribution is 2.48. The number of aromatic carboxylic acids is 1. The minimum Gasteiger partial charge on any atom is -0.478 e. The Morgan fingerprint density at radius 2 is 2.03 bits per heavy atom. The van der Waals surface area contributed by atoms with Crippen LogP contribution in [0.25, 0.3) is 11.3 Å². The maximum Gasteiger partial charge on any atom is 0.338 e. The molecule has 2 aromatic carbocycles. The van der Waals surface area contributed by atoms with Gasteiger partial charge in [0.1, 0.15) is 17.3 Å². The highest BCUT2D eigenvalue weighted by Gasteiger charge is 2.45. The summed E-state index contributed by atoms with van der Waals surface area (Å²) in [5.41, 5.74) is 3.15. The predicted octanol–water partition coefficient (Wildman–Crippen LogP) is 5.77. The summed E-state index contributed by atoms with van der Waals surface area (Å²) in [5, 5.41) is 16.9. The van der Waals surface area contributed by atoms with Crippen molar-refractivity contribution < 1.29 is 23.4 Å². The van der Waals surface area contributed by atoms with E-state index in [-0.39, 0.29) is 23.5 Å². The fourth-order valence-corrected chi connectivity index (χ4v) is 5.95. The molecule has 6 nitrogen and oxygen atoms in total. The molecular weight excluding hydrogens is 476 g/mol. The second-order valence-electron chi connectivity index (χ2n) is 9.69. The highest BCUT2D eigenvalue weighted by atomic mass is 35.5. The number of hydrogen-bond acceptors (Lipinski definition) is 4. The lowest BCUT2D eigenvalue weighted by Gasteiger charge is -2.33. The van der Waals surface area contributed by atoms with Gasteiger partial charge in [0, 0.05) is 29.8 Å². The summed E-state index contributed by atoms with van der Waals surface area (Å²) in [6.45, 7) is 1.09. The Bertz CT molecular complexity index is 1290. The first-order valence-corrected chi connectivity index (χ1v) is 12.2. The van der Waals surface area contributed by atoms with Gasteiger partial charge in [-0.3, -0.25) is 5.10 Å². The molecule has 0 unspecified atom stereocenters. The Labute approximate surface area is 205 Å². The van der Waals surface area contributed by atoms with Crippen LogP contribution in [0.2, 0.25) is 5.02 Å². The Hall–Kier alpha value is -2.97. The van der Waals surface area contributed by atoms with Crippen LogP contribution < -0.4 is 4.90 Å². The number of carboxylic acids is 1. The van der Waals surface area contributed by atoms with E-state index in [0.717, 1.165) is 43.5 Å². The molecule has 0 amide bonds. The van der Waals surface area contributed by atoms with Gasteiger partial charge in [-0.1, -0.05) is 17.7 Å². The van der Waals surface area contributed by atoms with Crippen LogP contribution in [0.1, 0.15) is 53.2 Å². The minimum atomic E-state index is -1.27. The third-order valence-electron chi connectivity index (χ3n) is 7.50. The summed E-state index contributed by atoms with van der Waals surface area (Å²) in [4.78, 5) is 13.2. The van der Waals surface area contributed by atoms with E-state index >= 15 is 0 Å². The molecule has 3 fully saturated rings. The van der Waals surface area contributed by atoms with Crippen LogP contribution in [0.3, 0.4) is 0 Å². The van der Waals surface area contributed by atoms with Crippen molar-refractivity contribution in [2.24, 2.45) is 5.92 Å². The molecule has 2 saturated carbocycles. The molecule has 2 heterocycles. The summed E-state index contributed by atoms with van der Waals surface area (Å²) < 4.78 is 35.1. The van der Waals surface area contributed by atoms with Crippen molar-refractivity contribution in [3.63, 3.8) is 0 Å². The van der Waals surface area contributed by atoms with Gasteiger partial charge in [-0.15, -0.1) is 0 Å². The first-order chi connectivity index (χ1) is 16.9. The Kier molecular flexibility index (Phi) is 5.53. The molecule has 35 heavy (non-hydrogen) atoms. The number of aromatic amines is 1. The van der Waals surface area contributed by atoms with Crippen LogP contribution in [-0.2, 0) is 11.3 Å². The standard InChI is InChI=1S/C26H24ClF2N3O3/c27-18-2-1-3-19(28)24(18)25-23(13-4-5-13)21(30-31-25)12-35-22-10-16-8-14(22)11-32(16)15-6-7-17(26(33)34)20(29)9-15/h1-3,6-7,9,13-14,16,22H,4-5,8,10-12H2,(H,30,31)(H,33,34)/t14-,16-,22+/m0/s1. The molecule has 1 aliphatic heterocycles. The summed E-state index contributed by atoms with van der Waals surface area (Å²) in [6.07, 6.45) is 3.89. The lowest BCUT2D eigenvalue weighted by atomic mass is 10.0. The number of ether oxygens (including phenoxy) is 1. The molecule has 9 heteroatoms. The number of anilines is 1. The molecular formula is C26H24ClF2N3O3. The molecule has 0 spiro atoms. The number of hydrogen-bond donors (Lipinski definition) is 2. The molecule has 2 aliphatic carbocycles. The zero-order chi connectivity index (χ0) is 24.3. The van der Waals surface area contributed by atoms with Gasteiger partial charge in [-0.25, -0.2) is 13.6 Å². The van der Waals surface area contributed by atoms with Crippen molar-refractivity contribution in [3.05, 3.63) is 69.9 Å². The monoisotopic (exact) mass is 499 g/mol. The van der Waals surface area contributed by atoms with Crippen molar-refractivity contribution in [2.75, 3.05) is 11.4 Å². The Morgan fingerprint density at radius 3 is 2.69 bits per heavy atom. The summed E-state index contributed by atoms with van der Waals surface area (Å²) in [7, 11) is 0. The topological polar surface area (TPSA) is 78.5 Å². The predicted molar refractivity (Wildman–Crippen MR) is 127 cm³/mol. The number of rotatable bonds is 7. The van der Waals surface area contributed by atoms with Crippen LogP contribution in [0.15, 0.2) is 36.4 Å². The number of carboxylic acid groups (broad SMARTS) is 1. The maximum absolute atomic E-state index is 14.6. The van der Waals surface area contributed by atoms with Crippen molar-refractivity contribution in [3.8, 4) is 11.3 Å². The van der Waals surface area contributed by atoms with Crippen LogP contribution in [0.4, 0.5) is 14.5 Å². The molecule has 0 radical (unpaired) electrons. The van der Waals surface area contributed by atoms with Crippen LogP contribution in [0, 0.1) is 17.6 Å². The van der Waals surface area contributed by atoms with E-state index in [0.29, 0.717) is 40.4 Å². The normalized spacial score (nSPS) is 23.3. The van der Waals surface area contributed by atoms with Crippen LogP contribution in [-0.4, -0.2) is 40.0 Å². The molecule has 2 N–H and O–H groups in total. The minimum absolute atomic E-state index is 0.0650. The second kappa shape index (κ2) is 8.60. The van der Waals surface area contributed by atoms with Crippen LogP contribution >= 0.6 is 11.6 Å². The van der Waals surface area contributed by atoms with Gasteiger partial charge in [0.05, 0.1) is 34.6 Å². The third kappa shape index (κ3) is 3.98. The van der Waals surface area contributed by atoms with E-state index in [4.69, 9.17) is 21.4 Å². The van der Waals surface area contributed by atoms with Gasteiger partial charge in [0.2, 0.25) is 0 Å². The van der Waals surface area contributed by atoms with E-state index in [1.807, 2.05) is 0 Å². The lowest BCUT2D eigenvalue weighted by molar-refractivity contribution is 0.0108. The zero-order valence-corrected chi connectivity index (χ0v) is 19.6. The molecule has 3 atom stereocenters. The van der Waals surface area contributed by atoms with E-state index < -0.39 is 11.8 Å². The quantitative estimate of drug-likeness (QED) is 0.431. The molecule has 3 aromatic rings. The molecule has 1 aromatic heterocycles. The molecule has 6 rings (SSSR count). The summed E-state index contributed by atoms with van der Waals surface area (Å²) in [6, 6.07) is 9.17. The number of carbonyl (C=O) groups is 1. The number of halogens is 3. The number of nitrogens with one attached hydrogen (secondary N) is 1. The fourth-order valence-electron chi connectivity index (χ4n) is 5.70. The number of nitrogens with zero attached hydrogens (tertiary/aromatic N) is 2. The Morgan fingerprint density at radius 1 is 1.20 bits per heavy atom. The van der Waals surface area contributed by atoms with E-state index in [1.165, 1.54) is 18.2 Å². The largest absolute Gasteiger partial charge is 0.478 e. The van der Waals surface area contributed by atoms with E-state index in [2.05, 4.69) is 15.1 Å². The van der Waals surface area contributed by atoms with Gasteiger partial charge in [-0.05, 0) is 61.9 Å². The molecule has 2 bridgehead atoms. The molecule has 1 saturated heterocycles. The van der Waals surface area contributed by atoms with Gasteiger partial charge < -0.3 is 14.7 Å². The van der Waals surface area contributed by atoms with Crippen molar-refractivity contribution in [2.45, 2.75) is 50.4 Å². The van der Waals surface area contributed by atoms with Gasteiger partial charge in [0.15, 0.2) is 0 Å². The number of piperidine rings is 1. The number of fused-ring (bicyclic) bond motifs is 2. The first-order valence-electron chi connectivity index (χ1n) is 11.8. The summed E-state index contributed by atoms with van der Waals surface area (Å²) >= 11 is 6.31. The summed E-state index contributed by atoms with van der Waals surface area (Å²) in [5.74, 6) is -1.75. The molecule has 3 aliphatic rings. The highest BCUT2D eigenvalue weighted by molar-refractivity contribution is 6.33. The van der Waals surface area contributed by atoms with Crippen molar-refractivity contribution in [1.29, 1.82) is 0 Å². The fraction of sp³-hybridized carbons (Fsp3) is 0.385. The number of benzene rings is 2. The average molecular weight is 500 g/mol. The van der Waals surface area contributed by atoms with Gasteiger partial charge >= 0.3 is 5.97 Å². The van der Waals surface area contributed by atoms with Gasteiger partial charge in [0.25, 0.3) is 0 Å². The zero-order valence-electron chi connectivity index (χ0n) is 18.8. The number of H-pyrrole nitrogens is 1. The average Bonchev–Trinajstić information content (AvgIpc) is 3.27. The first kappa shape index (κ1) is 22.5. The SMILES string of the molecule is O=C(O)c1ccc(N2C[C@@H]3C[C@H]2C[C@H]3OCc2[nH]nc(-c3c(F)cccc3Cl)c2C2CC2)cc1F. The Balaban J connectivity index is 1.15. The number of aromatic nitrogens is 2. The maximum atomic E-state index is 14.6.